The second kappa shape index (κ2) is 4.78. The van der Waals surface area contributed by atoms with Crippen LogP contribution in [-0.4, -0.2) is 23.1 Å². The molecule has 0 saturated heterocycles. The average Bonchev–Trinajstić information content (AvgIpc) is 2.87. The van der Waals surface area contributed by atoms with Crippen molar-refractivity contribution in [3.8, 4) is 0 Å². The van der Waals surface area contributed by atoms with E-state index in [0.717, 1.165) is 19.3 Å². The lowest BCUT2D eigenvalue weighted by Crippen LogP contribution is -2.58. The Labute approximate surface area is 113 Å². The first-order valence-corrected chi connectivity index (χ1v) is 6.81. The molecule has 0 heterocycles. The predicted molar refractivity (Wildman–Crippen MR) is 59.8 cm³/mol. The summed E-state index contributed by atoms with van der Waals surface area (Å²) >= 11 is 0. The molecule has 2 bridgehead atoms. The van der Waals surface area contributed by atoms with Gasteiger partial charge in [-0.1, -0.05) is 13.3 Å². The van der Waals surface area contributed by atoms with E-state index in [9.17, 15) is 31.4 Å². The minimum absolute atomic E-state index is 0.134. The first kappa shape index (κ1) is 15.9. The predicted octanol–water partition coefficient (Wildman–Crippen LogP) is 4.30. The van der Waals surface area contributed by atoms with E-state index in [1.807, 2.05) is 0 Å². The summed E-state index contributed by atoms with van der Waals surface area (Å²) in [6.07, 6.45) is -9.18. The summed E-state index contributed by atoms with van der Waals surface area (Å²) in [4.78, 5) is 0. The summed E-state index contributed by atoms with van der Waals surface area (Å²) in [5.41, 5.74) is -4.60. The molecule has 2 saturated carbocycles. The van der Waals surface area contributed by atoms with Gasteiger partial charge >= 0.3 is 12.4 Å². The lowest BCUT2D eigenvalue weighted by atomic mass is 9.75. The van der Waals surface area contributed by atoms with Gasteiger partial charge in [-0.15, -0.1) is 0 Å². The molecule has 0 aliphatic heterocycles. The minimum Gasteiger partial charge on any atom is -0.374 e. The van der Waals surface area contributed by atoms with Gasteiger partial charge in [-0.05, 0) is 49.4 Å². The van der Waals surface area contributed by atoms with Crippen LogP contribution in [-0.2, 0) is 0 Å². The van der Waals surface area contributed by atoms with Crippen LogP contribution in [0.5, 0.6) is 0 Å². The van der Waals surface area contributed by atoms with Gasteiger partial charge in [0, 0.05) is 0 Å². The van der Waals surface area contributed by atoms with Gasteiger partial charge < -0.3 is 5.11 Å². The summed E-state index contributed by atoms with van der Waals surface area (Å²) in [7, 11) is 0. The number of alkyl halides is 6. The van der Waals surface area contributed by atoms with E-state index >= 15 is 0 Å². The van der Waals surface area contributed by atoms with Crippen molar-refractivity contribution in [2.24, 2.45) is 23.7 Å². The van der Waals surface area contributed by atoms with Gasteiger partial charge in [0.05, 0.1) is 0 Å². The molecule has 2 fully saturated rings. The molecule has 2 aliphatic carbocycles. The third kappa shape index (κ3) is 2.53. The maximum absolute atomic E-state index is 12.7. The van der Waals surface area contributed by atoms with Gasteiger partial charge in [-0.25, -0.2) is 0 Å². The van der Waals surface area contributed by atoms with E-state index in [-0.39, 0.29) is 11.8 Å². The zero-order valence-corrected chi connectivity index (χ0v) is 11.1. The van der Waals surface area contributed by atoms with Crippen molar-refractivity contribution in [2.45, 2.75) is 57.0 Å². The summed E-state index contributed by atoms with van der Waals surface area (Å²) in [6.45, 7) is 1.40. The fourth-order valence-corrected chi connectivity index (χ4v) is 4.00. The number of hydrogen-bond acceptors (Lipinski definition) is 1. The molecule has 1 N–H and O–H groups in total. The van der Waals surface area contributed by atoms with Crippen LogP contribution < -0.4 is 0 Å². The molecule has 2 rings (SSSR count). The molecule has 0 aromatic rings. The highest BCUT2D eigenvalue weighted by Crippen LogP contribution is 2.54. The Kier molecular flexibility index (Phi) is 3.81. The quantitative estimate of drug-likeness (QED) is 0.771. The van der Waals surface area contributed by atoms with Gasteiger partial charge in [0.15, 0.2) is 0 Å². The number of halogens is 6. The van der Waals surface area contributed by atoms with Crippen molar-refractivity contribution in [2.75, 3.05) is 0 Å². The van der Waals surface area contributed by atoms with Crippen LogP contribution in [0.1, 0.15) is 39.0 Å². The van der Waals surface area contributed by atoms with Crippen molar-refractivity contribution in [1.82, 2.24) is 0 Å². The van der Waals surface area contributed by atoms with Crippen LogP contribution >= 0.6 is 0 Å². The lowest BCUT2D eigenvalue weighted by Gasteiger charge is -2.37. The number of hydrogen-bond donors (Lipinski definition) is 1. The monoisotopic (exact) mass is 304 g/mol. The Morgan fingerprint density at radius 1 is 1.00 bits per heavy atom. The van der Waals surface area contributed by atoms with Gasteiger partial charge in [0.25, 0.3) is 5.60 Å². The van der Waals surface area contributed by atoms with Crippen LogP contribution in [0.4, 0.5) is 26.3 Å². The molecular formula is C13H18F6O. The Morgan fingerprint density at radius 3 is 1.90 bits per heavy atom. The summed E-state index contributed by atoms with van der Waals surface area (Å²) in [6, 6.07) is 0. The van der Waals surface area contributed by atoms with E-state index < -0.39 is 30.3 Å². The second-order valence-electron chi connectivity index (χ2n) is 6.38. The molecule has 20 heavy (non-hydrogen) atoms. The molecule has 0 radical (unpaired) electrons. The molecule has 0 amide bonds. The van der Waals surface area contributed by atoms with Gasteiger partial charge in [0.2, 0.25) is 0 Å². The molecule has 0 spiro atoms. The minimum atomic E-state index is -5.70. The van der Waals surface area contributed by atoms with Crippen LogP contribution in [0, 0.1) is 23.7 Å². The highest BCUT2D eigenvalue weighted by molar-refractivity contribution is 4.99. The van der Waals surface area contributed by atoms with Gasteiger partial charge in [-0.3, -0.25) is 0 Å². The molecule has 2 aliphatic rings. The summed E-state index contributed by atoms with van der Waals surface area (Å²) < 4.78 is 76.0. The molecule has 7 heteroatoms. The Hall–Kier alpha value is -0.460. The number of rotatable bonds is 3. The summed E-state index contributed by atoms with van der Waals surface area (Å²) in [5, 5.41) is 9.24. The first-order chi connectivity index (χ1) is 8.96. The van der Waals surface area contributed by atoms with Crippen molar-refractivity contribution >= 4 is 0 Å². The molecule has 1 nitrogen and oxygen atoms in total. The molecule has 0 aromatic heterocycles. The smallest absolute Gasteiger partial charge is 0.374 e. The van der Waals surface area contributed by atoms with Crippen molar-refractivity contribution < 1.29 is 31.4 Å². The fraction of sp³-hybridized carbons (Fsp3) is 1.00. The van der Waals surface area contributed by atoms with Crippen LogP contribution in [0.25, 0.3) is 0 Å². The summed E-state index contributed by atoms with van der Waals surface area (Å²) in [5.74, 6) is -0.262. The van der Waals surface area contributed by atoms with Crippen LogP contribution in [0.15, 0.2) is 0 Å². The van der Waals surface area contributed by atoms with E-state index in [1.54, 1.807) is 0 Å². The Morgan fingerprint density at radius 2 is 1.55 bits per heavy atom. The highest BCUT2D eigenvalue weighted by atomic mass is 19.4. The molecule has 118 valence electrons. The van der Waals surface area contributed by atoms with Crippen LogP contribution in [0.2, 0.25) is 0 Å². The zero-order valence-electron chi connectivity index (χ0n) is 11.1. The van der Waals surface area contributed by atoms with Crippen molar-refractivity contribution in [3.63, 3.8) is 0 Å². The molecule has 3 unspecified atom stereocenters. The molecule has 0 aromatic carbocycles. The van der Waals surface area contributed by atoms with Crippen LogP contribution in [0.3, 0.4) is 0 Å². The van der Waals surface area contributed by atoms with Crippen molar-refractivity contribution in [3.05, 3.63) is 0 Å². The fourth-order valence-electron chi connectivity index (χ4n) is 4.00. The van der Waals surface area contributed by atoms with E-state index in [2.05, 4.69) is 0 Å². The standard InChI is InChI=1S/C13H18F6O/c1-7(10-5-8-2-3-9(10)4-8)6-11(20,12(14,15)16)13(17,18)19/h7-10,20H,2-6H2,1H3/t7-,8?,9?,10?/m1/s1. The Bertz CT molecular complexity index is 347. The largest absolute Gasteiger partial charge is 0.426 e. The van der Waals surface area contributed by atoms with E-state index in [4.69, 9.17) is 0 Å². The highest BCUT2D eigenvalue weighted by Gasteiger charge is 2.70. The normalized spacial score (nSPS) is 32.7. The van der Waals surface area contributed by atoms with E-state index in [0.29, 0.717) is 12.3 Å². The van der Waals surface area contributed by atoms with Gasteiger partial charge in [-0.2, -0.15) is 26.3 Å². The molecule has 4 atom stereocenters. The van der Waals surface area contributed by atoms with Gasteiger partial charge in [0.1, 0.15) is 0 Å². The lowest BCUT2D eigenvalue weighted by molar-refractivity contribution is -0.373. The first-order valence-electron chi connectivity index (χ1n) is 6.81. The van der Waals surface area contributed by atoms with E-state index in [1.165, 1.54) is 6.92 Å². The molecular weight excluding hydrogens is 286 g/mol. The topological polar surface area (TPSA) is 20.2 Å². The maximum Gasteiger partial charge on any atom is 0.426 e. The second-order valence-corrected chi connectivity index (χ2v) is 6.38. The maximum atomic E-state index is 12.7. The van der Waals surface area contributed by atoms with Crippen molar-refractivity contribution in [1.29, 1.82) is 0 Å². The SMILES string of the molecule is C[C@H](CC(O)(C(F)(F)F)C(F)(F)F)C1CC2CCC1C2. The number of fused-ring (bicyclic) bond motifs is 2. The zero-order chi connectivity index (χ0) is 15.3. The average molecular weight is 304 g/mol. The third-order valence-electron chi connectivity index (χ3n) is 5.08. The number of aliphatic hydroxyl groups is 1. The third-order valence-corrected chi connectivity index (χ3v) is 5.08. The Balaban J connectivity index is 2.13.